The average molecular weight is 353 g/mol. The molecule has 2 aliphatic heterocycles. The van der Waals surface area contributed by atoms with Crippen molar-refractivity contribution in [1.82, 2.24) is 24.8 Å². The zero-order valence-corrected chi connectivity index (χ0v) is 14.7. The van der Waals surface area contributed by atoms with Crippen LogP contribution in [-0.4, -0.2) is 50.9 Å². The van der Waals surface area contributed by atoms with Crippen molar-refractivity contribution in [2.24, 2.45) is 11.8 Å². The molecule has 136 valence electrons. The van der Waals surface area contributed by atoms with Crippen LogP contribution in [0.4, 0.5) is 0 Å². The maximum absolute atomic E-state index is 12.9. The van der Waals surface area contributed by atoms with Crippen LogP contribution in [0, 0.1) is 11.8 Å². The number of hydrogen-bond acceptors (Lipinski definition) is 4. The van der Waals surface area contributed by atoms with Crippen molar-refractivity contribution in [1.29, 1.82) is 0 Å². The van der Waals surface area contributed by atoms with Crippen molar-refractivity contribution >= 4 is 23.0 Å². The Hall–Kier alpha value is -2.44. The van der Waals surface area contributed by atoms with Gasteiger partial charge in [0.15, 0.2) is 5.65 Å². The molecule has 4 heterocycles. The van der Waals surface area contributed by atoms with Gasteiger partial charge < -0.3 is 14.8 Å². The molecule has 7 heteroatoms. The van der Waals surface area contributed by atoms with Gasteiger partial charge in [0.2, 0.25) is 5.91 Å². The molecule has 7 nitrogen and oxygen atoms in total. The summed E-state index contributed by atoms with van der Waals surface area (Å²) in [6, 6.07) is 2.35. The van der Waals surface area contributed by atoms with Gasteiger partial charge in [0.1, 0.15) is 5.52 Å². The monoisotopic (exact) mass is 353 g/mol. The third kappa shape index (κ3) is 2.57. The third-order valence-electron chi connectivity index (χ3n) is 6.25. The van der Waals surface area contributed by atoms with Gasteiger partial charge in [0.25, 0.3) is 5.91 Å². The van der Waals surface area contributed by atoms with Crippen LogP contribution in [0.3, 0.4) is 0 Å². The minimum Gasteiger partial charge on any atom is -0.356 e. The normalized spacial score (nSPS) is 26.3. The molecule has 0 aromatic carbocycles. The van der Waals surface area contributed by atoms with Gasteiger partial charge in [0, 0.05) is 38.3 Å². The summed E-state index contributed by atoms with van der Waals surface area (Å²) < 4.78 is 2.16. The van der Waals surface area contributed by atoms with Crippen molar-refractivity contribution < 1.29 is 9.59 Å². The molecular weight excluding hydrogens is 330 g/mol. The predicted molar refractivity (Wildman–Crippen MR) is 95.5 cm³/mol. The molecule has 3 fully saturated rings. The van der Waals surface area contributed by atoms with Gasteiger partial charge in [0.05, 0.1) is 11.9 Å². The Labute approximate surface area is 151 Å². The molecule has 2 atom stereocenters. The van der Waals surface area contributed by atoms with Crippen molar-refractivity contribution in [3.63, 3.8) is 0 Å². The van der Waals surface area contributed by atoms with E-state index in [1.54, 1.807) is 6.20 Å². The SMILES string of the molecule is O=C1C[C@@H]2CN(C(=O)c3cnc4c(c3)ncn4C3CCCC3)C[C@@H]2CN1. The molecule has 0 spiro atoms. The number of likely N-dealkylation sites (tertiary alicyclic amines) is 1. The Morgan fingerprint density at radius 3 is 2.81 bits per heavy atom. The molecule has 1 aliphatic carbocycles. The number of nitrogens with zero attached hydrogens (tertiary/aromatic N) is 4. The Morgan fingerprint density at radius 2 is 1.96 bits per heavy atom. The number of fused-ring (bicyclic) bond motifs is 2. The van der Waals surface area contributed by atoms with Crippen LogP contribution in [0.2, 0.25) is 0 Å². The van der Waals surface area contributed by atoms with Crippen LogP contribution in [-0.2, 0) is 4.79 Å². The molecule has 0 bridgehead atoms. The summed E-state index contributed by atoms with van der Waals surface area (Å²) >= 11 is 0. The van der Waals surface area contributed by atoms with Crippen LogP contribution in [0.1, 0.15) is 48.5 Å². The van der Waals surface area contributed by atoms with Gasteiger partial charge in [-0.3, -0.25) is 9.59 Å². The quantitative estimate of drug-likeness (QED) is 0.892. The summed E-state index contributed by atoms with van der Waals surface area (Å²) in [5.74, 6) is 0.749. The lowest BCUT2D eigenvalue weighted by Gasteiger charge is -2.23. The second-order valence-electron chi connectivity index (χ2n) is 7.90. The summed E-state index contributed by atoms with van der Waals surface area (Å²) in [5, 5.41) is 2.90. The first-order valence-electron chi connectivity index (χ1n) is 9.57. The van der Waals surface area contributed by atoms with E-state index >= 15 is 0 Å². The smallest absolute Gasteiger partial charge is 0.255 e. The Bertz CT molecular complexity index is 870. The van der Waals surface area contributed by atoms with E-state index in [1.165, 1.54) is 25.7 Å². The highest BCUT2D eigenvalue weighted by Crippen LogP contribution is 2.32. The minimum atomic E-state index is -0.00309. The van der Waals surface area contributed by atoms with Gasteiger partial charge in [-0.1, -0.05) is 12.8 Å². The van der Waals surface area contributed by atoms with Crippen LogP contribution >= 0.6 is 0 Å². The van der Waals surface area contributed by atoms with E-state index < -0.39 is 0 Å². The number of imidazole rings is 1. The lowest BCUT2D eigenvalue weighted by atomic mass is 9.89. The highest BCUT2D eigenvalue weighted by Gasteiger charge is 2.39. The lowest BCUT2D eigenvalue weighted by Crippen LogP contribution is -2.40. The molecule has 2 saturated heterocycles. The summed E-state index contributed by atoms with van der Waals surface area (Å²) in [4.78, 5) is 35.4. The molecule has 2 aromatic heterocycles. The highest BCUT2D eigenvalue weighted by molar-refractivity contribution is 5.96. The highest BCUT2D eigenvalue weighted by atomic mass is 16.2. The number of amides is 2. The van der Waals surface area contributed by atoms with E-state index in [2.05, 4.69) is 19.9 Å². The maximum Gasteiger partial charge on any atom is 0.255 e. The number of hydrogen-bond donors (Lipinski definition) is 1. The van der Waals surface area contributed by atoms with E-state index in [9.17, 15) is 9.59 Å². The van der Waals surface area contributed by atoms with Crippen LogP contribution in [0.25, 0.3) is 11.2 Å². The molecule has 2 amide bonds. The van der Waals surface area contributed by atoms with Gasteiger partial charge in [-0.25, -0.2) is 9.97 Å². The molecule has 1 saturated carbocycles. The summed E-state index contributed by atoms with van der Waals surface area (Å²) in [7, 11) is 0. The summed E-state index contributed by atoms with van der Waals surface area (Å²) in [6.45, 7) is 2.04. The zero-order valence-electron chi connectivity index (χ0n) is 14.7. The van der Waals surface area contributed by atoms with Crippen LogP contribution in [0.15, 0.2) is 18.6 Å². The summed E-state index contributed by atoms with van der Waals surface area (Å²) in [5.41, 5.74) is 2.25. The number of pyridine rings is 1. The number of piperidine rings is 1. The number of nitrogens with one attached hydrogen (secondary N) is 1. The van der Waals surface area contributed by atoms with Crippen LogP contribution < -0.4 is 5.32 Å². The summed E-state index contributed by atoms with van der Waals surface area (Å²) in [6.07, 6.45) is 8.95. The van der Waals surface area contributed by atoms with Gasteiger partial charge >= 0.3 is 0 Å². The van der Waals surface area contributed by atoms with E-state index in [-0.39, 0.29) is 17.7 Å². The predicted octanol–water partition coefficient (Wildman–Crippen LogP) is 1.75. The van der Waals surface area contributed by atoms with Gasteiger partial charge in [-0.05, 0) is 30.7 Å². The van der Waals surface area contributed by atoms with Gasteiger partial charge in [-0.2, -0.15) is 0 Å². The Balaban J connectivity index is 1.37. The number of carbonyl (C=O) groups excluding carboxylic acids is 2. The van der Waals surface area contributed by atoms with E-state index in [0.717, 1.165) is 11.2 Å². The zero-order chi connectivity index (χ0) is 17.7. The fourth-order valence-electron chi connectivity index (χ4n) is 4.79. The molecule has 26 heavy (non-hydrogen) atoms. The fraction of sp³-hybridized carbons (Fsp3) is 0.579. The van der Waals surface area contributed by atoms with E-state index in [1.807, 2.05) is 17.3 Å². The molecule has 0 unspecified atom stereocenters. The van der Waals surface area contributed by atoms with Crippen molar-refractivity contribution in [2.75, 3.05) is 19.6 Å². The number of carbonyl (C=O) groups is 2. The van der Waals surface area contributed by atoms with E-state index in [4.69, 9.17) is 0 Å². The second kappa shape index (κ2) is 6.07. The first-order valence-corrected chi connectivity index (χ1v) is 9.57. The average Bonchev–Trinajstić information content (AvgIpc) is 3.38. The standard InChI is InChI=1S/C19H23N5O2/c25-17-6-13-9-23(10-14(13)8-20-17)19(26)12-5-16-18(21-7-12)24(11-22-16)15-3-1-2-4-15/h5,7,11,13-15H,1-4,6,8-10H2,(H,20,25)/t13-,14+/m1/s1. The molecule has 5 rings (SSSR count). The fourth-order valence-corrected chi connectivity index (χ4v) is 4.79. The van der Waals surface area contributed by atoms with Gasteiger partial charge in [-0.15, -0.1) is 0 Å². The first-order chi connectivity index (χ1) is 12.7. The Morgan fingerprint density at radius 1 is 1.15 bits per heavy atom. The van der Waals surface area contributed by atoms with Crippen molar-refractivity contribution in [3.05, 3.63) is 24.2 Å². The number of aromatic nitrogens is 3. The van der Waals surface area contributed by atoms with E-state index in [0.29, 0.717) is 43.6 Å². The topological polar surface area (TPSA) is 80.1 Å². The molecule has 0 radical (unpaired) electrons. The number of rotatable bonds is 2. The maximum atomic E-state index is 12.9. The molecule has 3 aliphatic rings. The molecule has 2 aromatic rings. The largest absolute Gasteiger partial charge is 0.356 e. The second-order valence-corrected chi connectivity index (χ2v) is 7.90. The first kappa shape index (κ1) is 15.8. The Kier molecular flexibility index (Phi) is 3.69. The minimum absolute atomic E-state index is 0.00309. The molecule has 1 N–H and O–H groups in total. The molecular formula is C19H23N5O2. The third-order valence-corrected chi connectivity index (χ3v) is 6.25. The van der Waals surface area contributed by atoms with Crippen molar-refractivity contribution in [2.45, 2.75) is 38.1 Å². The van der Waals surface area contributed by atoms with Crippen LogP contribution in [0.5, 0.6) is 0 Å². The lowest BCUT2D eigenvalue weighted by molar-refractivity contribution is -0.124. The van der Waals surface area contributed by atoms with Crippen molar-refractivity contribution in [3.8, 4) is 0 Å².